The third kappa shape index (κ3) is 6.49. The molecular formula is C23H46N2O. The van der Waals surface area contributed by atoms with Gasteiger partial charge in [0.05, 0.1) is 5.60 Å². The van der Waals surface area contributed by atoms with Crippen molar-refractivity contribution in [3.05, 3.63) is 0 Å². The van der Waals surface area contributed by atoms with E-state index in [2.05, 4.69) is 26.1 Å². The van der Waals surface area contributed by atoms with Gasteiger partial charge in [-0.15, -0.1) is 0 Å². The van der Waals surface area contributed by atoms with E-state index < -0.39 is 5.60 Å². The first-order valence-electron chi connectivity index (χ1n) is 11.6. The predicted octanol–water partition coefficient (Wildman–Crippen LogP) is 4.87. The Hall–Kier alpha value is -0.120. The molecule has 2 aliphatic carbocycles. The first-order valence-corrected chi connectivity index (χ1v) is 11.6. The molecule has 0 aliphatic heterocycles. The molecule has 0 aromatic rings. The van der Waals surface area contributed by atoms with Crippen LogP contribution in [0.2, 0.25) is 0 Å². The van der Waals surface area contributed by atoms with E-state index in [-0.39, 0.29) is 0 Å². The molecule has 0 aromatic carbocycles. The predicted molar refractivity (Wildman–Crippen MR) is 112 cm³/mol. The molecule has 3 nitrogen and oxygen atoms in total. The number of nitrogens with two attached hydrogens (primary N) is 1. The number of aliphatic hydroxyl groups is 1. The van der Waals surface area contributed by atoms with Crippen LogP contribution in [0.5, 0.6) is 0 Å². The summed E-state index contributed by atoms with van der Waals surface area (Å²) in [6.45, 7) is 8.11. The third-order valence-electron chi connectivity index (χ3n) is 7.47. The van der Waals surface area contributed by atoms with Gasteiger partial charge in [0.15, 0.2) is 0 Å². The summed E-state index contributed by atoms with van der Waals surface area (Å²) in [7, 11) is 0. The molecule has 0 amide bonds. The molecule has 0 spiro atoms. The Labute approximate surface area is 162 Å². The van der Waals surface area contributed by atoms with Gasteiger partial charge in [-0.2, -0.15) is 0 Å². The summed E-state index contributed by atoms with van der Waals surface area (Å²) in [4.78, 5) is 0. The zero-order chi connectivity index (χ0) is 19.0. The largest absolute Gasteiger partial charge is 0.389 e. The number of unbranched alkanes of at least 4 members (excludes halogenated alkanes) is 2. The van der Waals surface area contributed by atoms with Crippen molar-refractivity contribution in [3.63, 3.8) is 0 Å². The molecule has 0 bridgehead atoms. The minimum atomic E-state index is -0.605. The molecule has 26 heavy (non-hydrogen) atoms. The Morgan fingerprint density at radius 1 is 1.08 bits per heavy atom. The summed E-state index contributed by atoms with van der Waals surface area (Å²) >= 11 is 0. The normalized spacial score (nSPS) is 33.6. The molecule has 2 aliphatic rings. The summed E-state index contributed by atoms with van der Waals surface area (Å²) in [6, 6.07) is 0.352. The lowest BCUT2D eigenvalue weighted by molar-refractivity contribution is -0.0615. The molecule has 0 aromatic heterocycles. The van der Waals surface area contributed by atoms with Crippen molar-refractivity contribution in [3.8, 4) is 0 Å². The van der Waals surface area contributed by atoms with Gasteiger partial charge >= 0.3 is 0 Å². The molecule has 2 rings (SSSR count). The SMILES string of the molecule is CCCCCC(CN)NC[C@@](C)(O)C1CCCCC1C1CCC(C)CC1. The fourth-order valence-electron chi connectivity index (χ4n) is 5.64. The fourth-order valence-corrected chi connectivity index (χ4v) is 5.64. The van der Waals surface area contributed by atoms with Crippen LogP contribution in [0.3, 0.4) is 0 Å². The van der Waals surface area contributed by atoms with Crippen LogP contribution in [0, 0.1) is 23.7 Å². The van der Waals surface area contributed by atoms with Crippen LogP contribution in [0.1, 0.15) is 97.8 Å². The van der Waals surface area contributed by atoms with Crippen molar-refractivity contribution in [1.82, 2.24) is 5.32 Å². The average molecular weight is 367 g/mol. The van der Waals surface area contributed by atoms with Crippen LogP contribution >= 0.6 is 0 Å². The zero-order valence-corrected chi connectivity index (χ0v) is 17.8. The van der Waals surface area contributed by atoms with E-state index in [1.807, 2.05) is 0 Å². The Morgan fingerprint density at radius 3 is 2.42 bits per heavy atom. The quantitative estimate of drug-likeness (QED) is 0.484. The summed E-state index contributed by atoms with van der Waals surface area (Å²) in [5, 5.41) is 15.0. The highest BCUT2D eigenvalue weighted by atomic mass is 16.3. The average Bonchev–Trinajstić information content (AvgIpc) is 2.65. The third-order valence-corrected chi connectivity index (χ3v) is 7.47. The van der Waals surface area contributed by atoms with Crippen LogP contribution in [0.25, 0.3) is 0 Å². The van der Waals surface area contributed by atoms with Gasteiger partial charge in [-0.05, 0) is 62.7 Å². The molecule has 2 fully saturated rings. The van der Waals surface area contributed by atoms with E-state index in [0.29, 0.717) is 25.0 Å². The van der Waals surface area contributed by atoms with Crippen molar-refractivity contribution < 1.29 is 5.11 Å². The molecule has 4 N–H and O–H groups in total. The maximum absolute atomic E-state index is 11.4. The standard InChI is InChI=1S/C23H46N2O/c1-4-5-6-9-20(16-24)25-17-23(3,26)22-11-8-7-10-21(22)19-14-12-18(2)13-15-19/h18-22,25-26H,4-17,24H2,1-3H3/t18?,19?,20?,21?,22?,23-/m1/s1. The Balaban J connectivity index is 1.91. The highest BCUT2D eigenvalue weighted by molar-refractivity contribution is 4.94. The lowest BCUT2D eigenvalue weighted by Gasteiger charge is -2.46. The monoisotopic (exact) mass is 366 g/mol. The second kappa shape index (κ2) is 11.0. The summed E-state index contributed by atoms with van der Waals surface area (Å²) in [6.07, 6.45) is 15.6. The van der Waals surface area contributed by atoms with E-state index in [1.165, 1.54) is 70.6 Å². The molecule has 0 saturated heterocycles. The first-order chi connectivity index (χ1) is 12.5. The van der Waals surface area contributed by atoms with E-state index in [4.69, 9.17) is 5.73 Å². The second-order valence-corrected chi connectivity index (χ2v) is 9.74. The topological polar surface area (TPSA) is 58.3 Å². The van der Waals surface area contributed by atoms with Crippen molar-refractivity contribution in [2.75, 3.05) is 13.1 Å². The van der Waals surface area contributed by atoms with E-state index in [9.17, 15) is 5.11 Å². The molecule has 154 valence electrons. The fraction of sp³-hybridized carbons (Fsp3) is 1.00. The second-order valence-electron chi connectivity index (χ2n) is 9.74. The van der Waals surface area contributed by atoms with Gasteiger partial charge in [0.1, 0.15) is 0 Å². The van der Waals surface area contributed by atoms with Crippen LogP contribution in [-0.2, 0) is 0 Å². The minimum Gasteiger partial charge on any atom is -0.389 e. The van der Waals surface area contributed by atoms with Gasteiger partial charge in [0.2, 0.25) is 0 Å². The van der Waals surface area contributed by atoms with Gasteiger partial charge in [0, 0.05) is 19.1 Å². The van der Waals surface area contributed by atoms with E-state index in [0.717, 1.165) is 24.2 Å². The number of rotatable bonds is 10. The zero-order valence-electron chi connectivity index (χ0n) is 17.8. The lowest BCUT2D eigenvalue weighted by atomic mass is 9.62. The van der Waals surface area contributed by atoms with Gasteiger partial charge in [0.25, 0.3) is 0 Å². The summed E-state index contributed by atoms with van der Waals surface area (Å²) < 4.78 is 0. The van der Waals surface area contributed by atoms with Crippen LogP contribution < -0.4 is 11.1 Å². The molecular weight excluding hydrogens is 320 g/mol. The summed E-state index contributed by atoms with van der Waals surface area (Å²) in [5.74, 6) is 2.93. The minimum absolute atomic E-state index is 0.352. The first kappa shape index (κ1) is 22.2. The molecule has 3 heteroatoms. The van der Waals surface area contributed by atoms with E-state index >= 15 is 0 Å². The maximum atomic E-state index is 11.4. The van der Waals surface area contributed by atoms with Gasteiger partial charge in [-0.3, -0.25) is 0 Å². The van der Waals surface area contributed by atoms with Gasteiger partial charge in [-0.1, -0.05) is 58.8 Å². The number of nitrogens with one attached hydrogen (secondary N) is 1. The molecule has 4 atom stereocenters. The smallest absolute Gasteiger partial charge is 0.0774 e. The van der Waals surface area contributed by atoms with Crippen molar-refractivity contribution in [2.24, 2.45) is 29.4 Å². The molecule has 2 saturated carbocycles. The van der Waals surface area contributed by atoms with Gasteiger partial charge < -0.3 is 16.2 Å². The van der Waals surface area contributed by atoms with Crippen molar-refractivity contribution in [2.45, 2.75) is 109 Å². The number of hydrogen-bond acceptors (Lipinski definition) is 3. The molecule has 0 radical (unpaired) electrons. The Bertz CT molecular complexity index is 376. The van der Waals surface area contributed by atoms with Crippen LogP contribution in [0.15, 0.2) is 0 Å². The molecule has 0 heterocycles. The van der Waals surface area contributed by atoms with Crippen LogP contribution in [0.4, 0.5) is 0 Å². The number of hydrogen-bond donors (Lipinski definition) is 3. The van der Waals surface area contributed by atoms with Crippen molar-refractivity contribution >= 4 is 0 Å². The maximum Gasteiger partial charge on any atom is 0.0774 e. The Kier molecular flexibility index (Phi) is 9.40. The van der Waals surface area contributed by atoms with E-state index in [1.54, 1.807) is 0 Å². The summed E-state index contributed by atoms with van der Waals surface area (Å²) in [5.41, 5.74) is 5.37. The highest BCUT2D eigenvalue weighted by Crippen LogP contribution is 2.46. The van der Waals surface area contributed by atoms with Crippen molar-refractivity contribution in [1.29, 1.82) is 0 Å². The lowest BCUT2D eigenvalue weighted by Crippen LogP contribution is -2.52. The van der Waals surface area contributed by atoms with Gasteiger partial charge in [-0.25, -0.2) is 0 Å². The van der Waals surface area contributed by atoms with Crippen LogP contribution in [-0.4, -0.2) is 29.8 Å². The highest BCUT2D eigenvalue weighted by Gasteiger charge is 2.42. The molecule has 3 unspecified atom stereocenters. The Morgan fingerprint density at radius 2 is 1.77 bits per heavy atom.